The minimum absolute atomic E-state index is 0.0284. The van der Waals surface area contributed by atoms with E-state index in [1.54, 1.807) is 24.7 Å². The fraction of sp³-hybridized carbons (Fsp3) is 0.333. The van der Waals surface area contributed by atoms with E-state index in [2.05, 4.69) is 20.6 Å². The predicted octanol–water partition coefficient (Wildman–Crippen LogP) is 5.70. The fourth-order valence-corrected chi connectivity index (χ4v) is 5.95. The van der Waals surface area contributed by atoms with Gasteiger partial charge in [0.15, 0.2) is 5.01 Å². The average molecular weight is 507 g/mol. The molecule has 0 bridgehead atoms. The van der Waals surface area contributed by atoms with Gasteiger partial charge in [0.25, 0.3) is 0 Å². The normalized spacial score (nSPS) is 21.5. The highest BCUT2D eigenvalue weighted by atomic mass is 35.5. The van der Waals surface area contributed by atoms with Crippen molar-refractivity contribution in [2.75, 3.05) is 5.32 Å². The molecule has 6 nitrogen and oxygen atoms in total. The van der Waals surface area contributed by atoms with Crippen LogP contribution in [0.3, 0.4) is 0 Å². The van der Waals surface area contributed by atoms with Crippen molar-refractivity contribution >= 4 is 40.3 Å². The number of nitrogens with one attached hydrogen (secondary N) is 2. The molecule has 1 unspecified atom stereocenters. The third-order valence-corrected chi connectivity index (χ3v) is 8.06. The van der Waals surface area contributed by atoms with Gasteiger partial charge >= 0.3 is 0 Å². The quantitative estimate of drug-likeness (QED) is 0.317. The number of halogens is 1. The molecule has 3 atom stereocenters. The van der Waals surface area contributed by atoms with E-state index in [0.29, 0.717) is 22.4 Å². The zero-order valence-corrected chi connectivity index (χ0v) is 20.8. The highest BCUT2D eigenvalue weighted by Gasteiger charge is 2.31. The lowest BCUT2D eigenvalue weighted by Gasteiger charge is -2.32. The Bertz CT molecular complexity index is 1240. The van der Waals surface area contributed by atoms with Gasteiger partial charge < -0.3 is 10.6 Å². The number of pyridine rings is 1. The molecule has 1 saturated carbocycles. The van der Waals surface area contributed by atoms with E-state index < -0.39 is 0 Å². The summed E-state index contributed by atoms with van der Waals surface area (Å²) in [4.78, 5) is 34.9. The molecule has 2 aliphatic rings. The molecule has 1 aliphatic carbocycles. The number of hydrogen-bond acceptors (Lipinski definition) is 6. The number of rotatable bonds is 7. The smallest absolute Gasteiger partial charge is 0.243 e. The molecule has 35 heavy (non-hydrogen) atoms. The van der Waals surface area contributed by atoms with E-state index in [0.717, 1.165) is 53.8 Å². The lowest BCUT2D eigenvalue weighted by Crippen LogP contribution is -2.47. The van der Waals surface area contributed by atoms with Gasteiger partial charge in [-0.3, -0.25) is 14.6 Å². The van der Waals surface area contributed by atoms with Crippen LogP contribution in [0.25, 0.3) is 10.4 Å². The number of carbonyl (C=O) groups is 2. The van der Waals surface area contributed by atoms with Gasteiger partial charge in [0.1, 0.15) is 6.04 Å². The molecule has 5 rings (SSSR count). The van der Waals surface area contributed by atoms with Crippen LogP contribution in [-0.4, -0.2) is 33.7 Å². The van der Waals surface area contributed by atoms with Crippen molar-refractivity contribution < 1.29 is 9.59 Å². The molecular formula is C27H27ClN4O2S. The minimum atomic E-state index is -0.275. The van der Waals surface area contributed by atoms with Crippen LogP contribution in [0.15, 0.2) is 61.1 Å². The average Bonchev–Trinajstić information content (AvgIpc) is 3.53. The molecule has 2 aromatic heterocycles. The number of nitrogens with zero attached hydrogens (tertiary/aromatic N) is 2. The van der Waals surface area contributed by atoms with Gasteiger partial charge in [-0.15, -0.1) is 11.3 Å². The fourth-order valence-electron chi connectivity index (χ4n) is 4.91. The Balaban J connectivity index is 1.16. The Morgan fingerprint density at radius 1 is 1.17 bits per heavy atom. The summed E-state index contributed by atoms with van der Waals surface area (Å²) in [6.45, 7) is 0. The summed E-state index contributed by atoms with van der Waals surface area (Å²) in [7, 11) is 0. The van der Waals surface area contributed by atoms with E-state index in [9.17, 15) is 9.59 Å². The van der Waals surface area contributed by atoms with Crippen LogP contribution in [0.4, 0.5) is 5.69 Å². The van der Waals surface area contributed by atoms with Crippen LogP contribution in [-0.2, 0) is 11.2 Å². The number of ketones is 1. The Kier molecular flexibility index (Phi) is 7.25. The summed E-state index contributed by atoms with van der Waals surface area (Å²) in [5, 5.41) is 7.77. The van der Waals surface area contributed by atoms with Crippen molar-refractivity contribution in [1.82, 2.24) is 15.3 Å². The van der Waals surface area contributed by atoms with Gasteiger partial charge in [0.2, 0.25) is 11.7 Å². The largest absolute Gasteiger partial charge is 0.373 e. The van der Waals surface area contributed by atoms with Gasteiger partial charge in [-0.25, -0.2) is 4.98 Å². The summed E-state index contributed by atoms with van der Waals surface area (Å²) >= 11 is 7.49. The van der Waals surface area contributed by atoms with Crippen LogP contribution >= 0.6 is 22.9 Å². The molecular weight excluding hydrogens is 480 g/mol. The van der Waals surface area contributed by atoms with Crippen LogP contribution in [0.1, 0.15) is 47.5 Å². The van der Waals surface area contributed by atoms with Crippen molar-refractivity contribution in [3.63, 3.8) is 0 Å². The number of benzene rings is 1. The topological polar surface area (TPSA) is 84.0 Å². The monoisotopic (exact) mass is 506 g/mol. The van der Waals surface area contributed by atoms with Crippen LogP contribution in [0.2, 0.25) is 5.02 Å². The standard InChI is InChI=1S/C27H27ClN4O2S/c28-20-8-9-22-19(14-20)15-23(31-22)26(34)32-21-6-2-1-4-17(21)5-3-7-24(33)27-30-16-25(35-27)18-10-12-29-13-11-18/h3,7-14,16-17,21,23,31H,1-2,4-6,15H2,(H,32,34)/b7-3+/t17-,21+,23?/m1/s1. The van der Waals surface area contributed by atoms with Crippen molar-refractivity contribution in [1.29, 1.82) is 0 Å². The second-order valence-electron chi connectivity index (χ2n) is 9.13. The van der Waals surface area contributed by atoms with E-state index in [-0.39, 0.29) is 23.8 Å². The number of thiazole rings is 1. The number of aromatic nitrogens is 2. The molecule has 0 radical (unpaired) electrons. The van der Waals surface area contributed by atoms with E-state index in [1.807, 2.05) is 36.4 Å². The summed E-state index contributed by atoms with van der Waals surface area (Å²) in [5.74, 6) is 0.262. The molecule has 3 heterocycles. The number of hydrogen-bond donors (Lipinski definition) is 2. The lowest BCUT2D eigenvalue weighted by atomic mass is 9.82. The van der Waals surface area contributed by atoms with Crippen LogP contribution in [0, 0.1) is 5.92 Å². The Morgan fingerprint density at radius 3 is 2.86 bits per heavy atom. The van der Waals surface area contributed by atoms with Gasteiger partial charge in [-0.1, -0.05) is 30.5 Å². The summed E-state index contributed by atoms with van der Waals surface area (Å²) in [5.41, 5.74) is 3.06. The van der Waals surface area contributed by atoms with Crippen LogP contribution in [0.5, 0.6) is 0 Å². The van der Waals surface area contributed by atoms with Gasteiger partial charge in [0, 0.05) is 41.8 Å². The van der Waals surface area contributed by atoms with E-state index in [1.165, 1.54) is 11.3 Å². The Labute approximate surface area is 213 Å². The van der Waals surface area contributed by atoms with Gasteiger partial charge in [0.05, 0.1) is 4.88 Å². The number of fused-ring (bicyclic) bond motifs is 1. The first-order valence-electron chi connectivity index (χ1n) is 12.0. The molecule has 1 aromatic carbocycles. The second-order valence-corrected chi connectivity index (χ2v) is 10.6. The van der Waals surface area contributed by atoms with Crippen molar-refractivity contribution in [3.05, 3.63) is 76.7 Å². The highest BCUT2D eigenvalue weighted by molar-refractivity contribution is 7.17. The molecule has 0 saturated heterocycles. The summed E-state index contributed by atoms with van der Waals surface area (Å²) < 4.78 is 0. The van der Waals surface area contributed by atoms with Crippen LogP contribution < -0.4 is 10.6 Å². The maximum atomic E-state index is 13.0. The Morgan fingerprint density at radius 2 is 2.00 bits per heavy atom. The van der Waals surface area contributed by atoms with E-state index in [4.69, 9.17) is 11.6 Å². The number of amides is 1. The summed E-state index contributed by atoms with van der Waals surface area (Å²) in [6.07, 6.45) is 14.4. The lowest BCUT2D eigenvalue weighted by molar-refractivity contribution is -0.123. The first-order chi connectivity index (χ1) is 17.1. The Hall–Kier alpha value is -3.03. The third kappa shape index (κ3) is 5.63. The van der Waals surface area contributed by atoms with Gasteiger partial charge in [-0.05, 0) is 72.7 Å². The predicted molar refractivity (Wildman–Crippen MR) is 140 cm³/mol. The molecule has 0 spiro atoms. The first-order valence-corrected chi connectivity index (χ1v) is 13.2. The summed E-state index contributed by atoms with van der Waals surface area (Å²) in [6, 6.07) is 9.34. The van der Waals surface area contributed by atoms with Crippen molar-refractivity contribution in [2.24, 2.45) is 5.92 Å². The molecule has 1 fully saturated rings. The molecule has 8 heteroatoms. The molecule has 180 valence electrons. The molecule has 3 aromatic rings. The highest BCUT2D eigenvalue weighted by Crippen LogP contribution is 2.31. The maximum absolute atomic E-state index is 13.0. The second kappa shape index (κ2) is 10.7. The number of allylic oxidation sites excluding steroid dienone is 2. The minimum Gasteiger partial charge on any atom is -0.373 e. The molecule has 1 aliphatic heterocycles. The maximum Gasteiger partial charge on any atom is 0.243 e. The van der Waals surface area contributed by atoms with E-state index >= 15 is 0 Å². The zero-order valence-electron chi connectivity index (χ0n) is 19.2. The first kappa shape index (κ1) is 23.7. The van der Waals surface area contributed by atoms with Crippen molar-refractivity contribution in [3.8, 4) is 10.4 Å². The number of carbonyl (C=O) groups excluding carboxylic acids is 2. The van der Waals surface area contributed by atoms with Crippen molar-refractivity contribution in [2.45, 2.75) is 50.6 Å². The number of anilines is 1. The SMILES string of the molecule is O=C(/C=C/C[C@H]1CCCC[C@@H]1NC(=O)C1Cc2cc(Cl)ccc2N1)c1ncc(-c2ccncc2)s1. The third-order valence-electron chi connectivity index (χ3n) is 6.76. The molecule has 2 N–H and O–H groups in total. The molecule has 1 amide bonds. The zero-order chi connectivity index (χ0) is 24.2. The van der Waals surface area contributed by atoms with Gasteiger partial charge in [-0.2, -0.15) is 0 Å².